The Balaban J connectivity index is 2.28. The number of β-amino-alcohol motifs (C(OH)–C–C–N with tert-alkyl or cyclic N) is 1. The number of aliphatic hydroxyl groups is 1. The summed E-state index contributed by atoms with van der Waals surface area (Å²) in [5, 5.41) is 9.79. The second-order valence-corrected chi connectivity index (χ2v) is 4.34. The predicted molar refractivity (Wildman–Crippen MR) is 57.6 cm³/mol. The molecule has 2 heterocycles. The molecule has 1 aromatic heterocycles. The topological polar surface area (TPSA) is 49.2 Å². The molecule has 1 aliphatic heterocycles. The molecule has 1 atom stereocenters. The highest BCUT2D eigenvalue weighted by molar-refractivity contribution is 9.10. The van der Waals surface area contributed by atoms with Gasteiger partial charge in [-0.25, -0.2) is 9.97 Å². The fourth-order valence-electron chi connectivity index (χ4n) is 1.49. The molecule has 0 aromatic carbocycles. The van der Waals surface area contributed by atoms with E-state index in [0.717, 1.165) is 18.8 Å². The zero-order valence-electron chi connectivity index (χ0n) is 7.32. The van der Waals surface area contributed by atoms with Crippen molar-refractivity contribution < 1.29 is 5.11 Å². The first-order chi connectivity index (χ1) is 6.68. The van der Waals surface area contributed by atoms with Gasteiger partial charge in [0.1, 0.15) is 17.3 Å². The molecule has 0 saturated carbocycles. The molecule has 4 nitrogen and oxygen atoms in total. The van der Waals surface area contributed by atoms with Crippen molar-refractivity contribution in [2.24, 2.45) is 0 Å². The summed E-state index contributed by atoms with van der Waals surface area (Å²) < 4.78 is 0.691. The lowest BCUT2D eigenvalue weighted by molar-refractivity contribution is 0.198. The SMILES string of the molecule is OC1CCN(c2ncnc(Cl)c2Br)C1. The summed E-state index contributed by atoms with van der Waals surface area (Å²) >= 11 is 9.17. The van der Waals surface area contributed by atoms with E-state index in [9.17, 15) is 5.11 Å². The van der Waals surface area contributed by atoms with Gasteiger partial charge in [-0.1, -0.05) is 11.6 Å². The number of aliphatic hydroxyl groups excluding tert-OH is 1. The Morgan fingerprint density at radius 1 is 1.57 bits per heavy atom. The van der Waals surface area contributed by atoms with Crippen LogP contribution in [0.15, 0.2) is 10.8 Å². The molecule has 1 aliphatic rings. The van der Waals surface area contributed by atoms with Crippen LogP contribution in [-0.2, 0) is 0 Å². The molecule has 0 spiro atoms. The third kappa shape index (κ3) is 1.85. The fraction of sp³-hybridized carbons (Fsp3) is 0.500. The first-order valence-corrected chi connectivity index (χ1v) is 5.44. The van der Waals surface area contributed by atoms with E-state index in [0.29, 0.717) is 16.2 Å². The van der Waals surface area contributed by atoms with Crippen LogP contribution < -0.4 is 4.90 Å². The summed E-state index contributed by atoms with van der Waals surface area (Å²) in [7, 11) is 0. The molecule has 14 heavy (non-hydrogen) atoms. The van der Waals surface area contributed by atoms with Crippen molar-refractivity contribution in [3.05, 3.63) is 16.0 Å². The van der Waals surface area contributed by atoms with Crippen LogP contribution in [0.5, 0.6) is 0 Å². The maximum Gasteiger partial charge on any atom is 0.148 e. The minimum Gasteiger partial charge on any atom is -0.391 e. The number of rotatable bonds is 1. The zero-order chi connectivity index (χ0) is 10.1. The maximum absolute atomic E-state index is 9.39. The number of anilines is 1. The van der Waals surface area contributed by atoms with Crippen LogP contribution in [0.4, 0.5) is 5.82 Å². The third-order valence-corrected chi connectivity index (χ3v) is 3.44. The Bertz CT molecular complexity index is 349. The van der Waals surface area contributed by atoms with Crippen molar-refractivity contribution in [2.45, 2.75) is 12.5 Å². The van der Waals surface area contributed by atoms with Crippen molar-refractivity contribution in [1.29, 1.82) is 0 Å². The maximum atomic E-state index is 9.39. The van der Waals surface area contributed by atoms with E-state index in [2.05, 4.69) is 25.9 Å². The van der Waals surface area contributed by atoms with E-state index < -0.39 is 0 Å². The van der Waals surface area contributed by atoms with Crippen molar-refractivity contribution in [3.8, 4) is 0 Å². The lowest BCUT2D eigenvalue weighted by Crippen LogP contribution is -2.22. The number of halogens is 2. The van der Waals surface area contributed by atoms with Crippen LogP contribution in [0.2, 0.25) is 5.15 Å². The Kier molecular flexibility index (Phi) is 2.90. The normalized spacial score (nSPS) is 21.6. The van der Waals surface area contributed by atoms with Crippen molar-refractivity contribution in [2.75, 3.05) is 18.0 Å². The molecule has 1 unspecified atom stereocenters. The van der Waals surface area contributed by atoms with Crippen LogP contribution in [-0.4, -0.2) is 34.3 Å². The Morgan fingerprint density at radius 2 is 2.36 bits per heavy atom. The molecular weight excluding hydrogens is 269 g/mol. The number of aromatic nitrogens is 2. The summed E-state index contributed by atoms with van der Waals surface area (Å²) in [4.78, 5) is 9.96. The lowest BCUT2D eigenvalue weighted by Gasteiger charge is -2.17. The summed E-state index contributed by atoms with van der Waals surface area (Å²) in [6, 6.07) is 0. The average molecular weight is 279 g/mol. The van der Waals surface area contributed by atoms with Gasteiger partial charge < -0.3 is 10.0 Å². The highest BCUT2D eigenvalue weighted by Crippen LogP contribution is 2.30. The van der Waals surface area contributed by atoms with E-state index in [1.807, 2.05) is 4.90 Å². The van der Waals surface area contributed by atoms with Gasteiger partial charge in [0.2, 0.25) is 0 Å². The van der Waals surface area contributed by atoms with Gasteiger partial charge in [-0.2, -0.15) is 0 Å². The monoisotopic (exact) mass is 277 g/mol. The molecule has 76 valence electrons. The Labute approximate surface area is 95.0 Å². The van der Waals surface area contributed by atoms with Crippen LogP contribution in [0, 0.1) is 0 Å². The predicted octanol–water partition coefficient (Wildman–Crippen LogP) is 1.46. The smallest absolute Gasteiger partial charge is 0.148 e. The van der Waals surface area contributed by atoms with Gasteiger partial charge in [0.05, 0.1) is 10.6 Å². The Hall–Kier alpha value is -0.390. The molecule has 1 aromatic rings. The van der Waals surface area contributed by atoms with E-state index in [4.69, 9.17) is 11.6 Å². The van der Waals surface area contributed by atoms with Gasteiger partial charge >= 0.3 is 0 Å². The first-order valence-electron chi connectivity index (χ1n) is 4.27. The minimum atomic E-state index is -0.268. The van der Waals surface area contributed by atoms with Gasteiger partial charge in [-0.05, 0) is 22.4 Å². The standard InChI is InChI=1S/C8H9BrClN3O/c9-6-7(10)11-4-12-8(6)13-2-1-5(14)3-13/h4-5,14H,1-3H2. The largest absolute Gasteiger partial charge is 0.391 e. The van der Waals surface area contributed by atoms with Crippen molar-refractivity contribution >= 4 is 33.3 Å². The quantitative estimate of drug-likeness (QED) is 0.790. The van der Waals surface area contributed by atoms with Crippen molar-refractivity contribution in [3.63, 3.8) is 0 Å². The van der Waals surface area contributed by atoms with E-state index >= 15 is 0 Å². The molecule has 1 N–H and O–H groups in total. The average Bonchev–Trinajstić information content (AvgIpc) is 2.57. The number of hydrogen-bond donors (Lipinski definition) is 1. The molecule has 2 rings (SSSR count). The lowest BCUT2D eigenvalue weighted by atomic mass is 10.3. The molecule has 0 radical (unpaired) electrons. The van der Waals surface area contributed by atoms with E-state index in [-0.39, 0.29) is 6.10 Å². The van der Waals surface area contributed by atoms with Crippen LogP contribution in [0.25, 0.3) is 0 Å². The second-order valence-electron chi connectivity index (χ2n) is 3.19. The van der Waals surface area contributed by atoms with Gasteiger partial charge in [0.15, 0.2) is 0 Å². The molecule has 0 amide bonds. The molecule has 0 aliphatic carbocycles. The Morgan fingerprint density at radius 3 is 3.00 bits per heavy atom. The summed E-state index contributed by atoms with van der Waals surface area (Å²) in [5.41, 5.74) is 0. The van der Waals surface area contributed by atoms with Gasteiger partial charge in [-0.15, -0.1) is 0 Å². The molecule has 0 bridgehead atoms. The van der Waals surface area contributed by atoms with Gasteiger partial charge in [0, 0.05) is 13.1 Å². The van der Waals surface area contributed by atoms with Gasteiger partial charge in [-0.3, -0.25) is 0 Å². The zero-order valence-corrected chi connectivity index (χ0v) is 9.66. The van der Waals surface area contributed by atoms with Crippen LogP contribution >= 0.6 is 27.5 Å². The first kappa shape index (κ1) is 10.1. The third-order valence-electron chi connectivity index (χ3n) is 2.19. The summed E-state index contributed by atoms with van der Waals surface area (Å²) in [6.07, 6.45) is 1.93. The number of nitrogens with zero attached hydrogens (tertiary/aromatic N) is 3. The molecule has 1 saturated heterocycles. The second kappa shape index (κ2) is 4.00. The van der Waals surface area contributed by atoms with E-state index in [1.54, 1.807) is 0 Å². The highest BCUT2D eigenvalue weighted by atomic mass is 79.9. The van der Waals surface area contributed by atoms with Crippen LogP contribution in [0.1, 0.15) is 6.42 Å². The van der Waals surface area contributed by atoms with E-state index in [1.165, 1.54) is 6.33 Å². The van der Waals surface area contributed by atoms with Crippen LogP contribution in [0.3, 0.4) is 0 Å². The van der Waals surface area contributed by atoms with Gasteiger partial charge in [0.25, 0.3) is 0 Å². The summed E-state index contributed by atoms with van der Waals surface area (Å²) in [6.45, 7) is 1.40. The number of hydrogen-bond acceptors (Lipinski definition) is 4. The summed E-state index contributed by atoms with van der Waals surface area (Å²) in [5.74, 6) is 0.751. The molecule has 1 fully saturated rings. The van der Waals surface area contributed by atoms with Crippen molar-refractivity contribution in [1.82, 2.24) is 9.97 Å². The fourth-order valence-corrected chi connectivity index (χ4v) is 2.08. The highest BCUT2D eigenvalue weighted by Gasteiger charge is 2.23. The molecule has 6 heteroatoms. The minimum absolute atomic E-state index is 0.268. The molecular formula is C8H9BrClN3O.